The molecule has 3 N–H and O–H groups in total. The van der Waals surface area contributed by atoms with Gasteiger partial charge in [-0.3, -0.25) is 4.79 Å². The Balaban J connectivity index is 0.000000189. The monoisotopic (exact) mass is 535 g/mol. The molecule has 0 unspecified atom stereocenters. The minimum atomic E-state index is -0.996. The topological polar surface area (TPSA) is 145 Å². The van der Waals surface area contributed by atoms with E-state index in [4.69, 9.17) is 50.1 Å². The molecule has 0 aliphatic heterocycles. The maximum atomic E-state index is 10.9. The number of hydrogen-bond acceptors (Lipinski definition) is 8. The van der Waals surface area contributed by atoms with Crippen LogP contribution in [0.2, 0.25) is 10.3 Å². The number of ketones is 1. The molecule has 0 bridgehead atoms. The normalized spacial score (nSPS) is 9.83. The van der Waals surface area contributed by atoms with Crippen molar-refractivity contribution in [2.45, 2.75) is 13.3 Å². The molecule has 0 radical (unpaired) electrons. The number of Topliss-reactive ketones (excluding diaryl/α,β-unsaturated/α-hetero) is 1. The van der Waals surface area contributed by atoms with E-state index in [1.165, 1.54) is 30.6 Å². The Morgan fingerprint density at radius 2 is 1.57 bits per heavy atom. The lowest BCUT2D eigenvalue weighted by Gasteiger charge is -1.95. The Morgan fingerprint density at radius 1 is 0.971 bits per heavy atom. The minimum Gasteiger partial charge on any atom is -0.478 e. The number of aryl methyl sites for hydroxylation is 1. The van der Waals surface area contributed by atoms with Gasteiger partial charge in [-0.1, -0.05) is 30.1 Å². The summed E-state index contributed by atoms with van der Waals surface area (Å²) in [5, 5.41) is 8.92. The number of alkyl halides is 1. The zero-order valence-electron chi connectivity index (χ0n) is 18.4. The van der Waals surface area contributed by atoms with Crippen LogP contribution in [0.25, 0.3) is 11.3 Å². The number of carboxylic acid groups (broad SMARTS) is 1. The summed E-state index contributed by atoms with van der Waals surface area (Å²) in [5.74, 6) is 0.0552. The van der Waals surface area contributed by atoms with E-state index in [0.717, 1.165) is 23.6 Å². The van der Waals surface area contributed by atoms with E-state index in [1.54, 1.807) is 24.6 Å². The number of rotatable bonds is 5. The molecule has 0 spiro atoms. The first kappa shape index (κ1) is 27.7. The van der Waals surface area contributed by atoms with Crippen LogP contribution in [0, 0.1) is 0 Å². The lowest BCUT2D eigenvalue weighted by Crippen LogP contribution is -1.99. The second kappa shape index (κ2) is 14.0. The highest BCUT2D eigenvalue weighted by atomic mass is 35.5. The van der Waals surface area contributed by atoms with Gasteiger partial charge in [-0.2, -0.15) is 0 Å². The van der Waals surface area contributed by atoms with Crippen molar-refractivity contribution < 1.29 is 19.1 Å². The molecule has 4 heterocycles. The van der Waals surface area contributed by atoms with E-state index in [-0.39, 0.29) is 22.4 Å². The van der Waals surface area contributed by atoms with Gasteiger partial charge in [-0.15, -0.1) is 11.6 Å². The zero-order chi connectivity index (χ0) is 25.8. The van der Waals surface area contributed by atoms with E-state index in [0.29, 0.717) is 16.5 Å². The molecule has 4 rings (SSSR count). The van der Waals surface area contributed by atoms with Crippen molar-refractivity contribution in [1.82, 2.24) is 19.9 Å². The van der Waals surface area contributed by atoms with Crippen molar-refractivity contribution in [3.8, 4) is 11.3 Å². The van der Waals surface area contributed by atoms with Gasteiger partial charge in [0.25, 0.3) is 0 Å². The molecule has 4 aromatic rings. The third kappa shape index (κ3) is 9.32. The average molecular weight is 537 g/mol. The summed E-state index contributed by atoms with van der Waals surface area (Å²) in [6.45, 7) is 2.00. The van der Waals surface area contributed by atoms with Crippen molar-refractivity contribution >= 4 is 52.4 Å². The van der Waals surface area contributed by atoms with Gasteiger partial charge < -0.3 is 15.3 Å². The molecule has 0 saturated carbocycles. The molecule has 9 nitrogen and oxygen atoms in total. The predicted molar refractivity (Wildman–Crippen MR) is 134 cm³/mol. The summed E-state index contributed by atoms with van der Waals surface area (Å²) in [6.07, 6.45) is 6.91. The Bertz CT molecular complexity index is 1280. The van der Waals surface area contributed by atoms with E-state index in [2.05, 4.69) is 19.9 Å². The SMILES string of the molecule is CCc1nc(-c2ccnc(N)c2)co1.O=C(CCl)c1ccnc(Cl)c1.O=C(O)c1ccnc(Cl)c1. The van der Waals surface area contributed by atoms with Gasteiger partial charge in [0, 0.05) is 36.1 Å². The smallest absolute Gasteiger partial charge is 0.335 e. The Morgan fingerprint density at radius 3 is 2.06 bits per heavy atom. The van der Waals surface area contributed by atoms with Gasteiger partial charge in [0.2, 0.25) is 0 Å². The maximum absolute atomic E-state index is 10.9. The van der Waals surface area contributed by atoms with Gasteiger partial charge in [-0.05, 0) is 36.4 Å². The molecule has 0 saturated heterocycles. The van der Waals surface area contributed by atoms with Crippen LogP contribution in [0.3, 0.4) is 0 Å². The third-order valence-electron chi connectivity index (χ3n) is 4.07. The lowest BCUT2D eigenvalue weighted by atomic mass is 10.2. The molecule has 12 heteroatoms. The molecule has 0 fully saturated rings. The fraction of sp³-hybridized carbons (Fsp3) is 0.130. The highest BCUT2D eigenvalue weighted by molar-refractivity contribution is 6.32. The number of carbonyl (C=O) groups excluding carboxylic acids is 1. The van der Waals surface area contributed by atoms with Gasteiger partial charge in [0.05, 0.1) is 11.4 Å². The molecular weight excluding hydrogens is 517 g/mol. The number of nitrogens with zero attached hydrogens (tertiary/aromatic N) is 4. The number of nitrogen functional groups attached to an aromatic ring is 1. The summed E-state index contributed by atoms with van der Waals surface area (Å²) in [7, 11) is 0. The average Bonchev–Trinajstić information content (AvgIpc) is 3.34. The van der Waals surface area contributed by atoms with Crippen molar-refractivity contribution in [3.05, 3.63) is 88.6 Å². The Hall–Kier alpha value is -3.53. The van der Waals surface area contributed by atoms with Crippen LogP contribution in [0.1, 0.15) is 33.5 Å². The van der Waals surface area contributed by atoms with E-state index >= 15 is 0 Å². The molecule has 4 aromatic heterocycles. The van der Waals surface area contributed by atoms with Crippen LogP contribution in [0.15, 0.2) is 65.7 Å². The number of halogens is 3. The van der Waals surface area contributed by atoms with Crippen LogP contribution >= 0.6 is 34.8 Å². The van der Waals surface area contributed by atoms with E-state index < -0.39 is 5.97 Å². The van der Waals surface area contributed by atoms with Gasteiger partial charge in [0.15, 0.2) is 11.7 Å². The highest BCUT2D eigenvalue weighted by Crippen LogP contribution is 2.19. The quantitative estimate of drug-likeness (QED) is 0.192. The molecule has 0 amide bonds. The molecule has 0 aliphatic carbocycles. The van der Waals surface area contributed by atoms with E-state index in [9.17, 15) is 9.59 Å². The van der Waals surface area contributed by atoms with Gasteiger partial charge in [0.1, 0.15) is 28.1 Å². The van der Waals surface area contributed by atoms with Crippen molar-refractivity contribution in [1.29, 1.82) is 0 Å². The molecule has 0 atom stereocenters. The van der Waals surface area contributed by atoms with Gasteiger partial charge >= 0.3 is 5.97 Å². The molecule has 0 aromatic carbocycles. The second-order valence-electron chi connectivity index (χ2n) is 6.55. The van der Waals surface area contributed by atoms with Crippen molar-refractivity contribution in [2.75, 3.05) is 11.6 Å². The number of carboxylic acids is 1. The fourth-order valence-electron chi connectivity index (χ4n) is 2.40. The number of anilines is 1. The number of aromatic nitrogens is 4. The summed E-state index contributed by atoms with van der Waals surface area (Å²) in [4.78, 5) is 36.8. The number of nitrogens with two attached hydrogens (primary N) is 1. The standard InChI is InChI=1S/C10H11N3O.C7H5Cl2NO.C6H4ClNO2/c1-2-10-13-8(6-14-10)7-3-4-12-9(11)5-7;8-4-6(11)5-1-2-10-7(9)3-5;7-5-3-4(6(9)10)1-2-8-5/h3-6H,2H2,1H3,(H2,11,12);1-3H,4H2;1-3H,(H,9,10). The minimum absolute atomic E-state index is 0.0274. The van der Waals surface area contributed by atoms with Crippen LogP contribution in [-0.4, -0.2) is 42.7 Å². The third-order valence-corrected chi connectivity index (χ3v) is 4.73. The first-order chi connectivity index (χ1) is 16.7. The predicted octanol–water partition coefficient (Wildman–Crippen LogP) is 5.47. The summed E-state index contributed by atoms with van der Waals surface area (Å²) >= 11 is 16.3. The van der Waals surface area contributed by atoms with Crippen molar-refractivity contribution in [3.63, 3.8) is 0 Å². The van der Waals surface area contributed by atoms with Crippen LogP contribution in [0.5, 0.6) is 0 Å². The largest absolute Gasteiger partial charge is 0.478 e. The number of aromatic carboxylic acids is 1. The first-order valence-electron chi connectivity index (χ1n) is 9.95. The second-order valence-corrected chi connectivity index (χ2v) is 7.59. The lowest BCUT2D eigenvalue weighted by molar-refractivity contribution is 0.0696. The maximum Gasteiger partial charge on any atom is 0.335 e. The first-order valence-corrected chi connectivity index (χ1v) is 11.2. The molecule has 35 heavy (non-hydrogen) atoms. The number of carbonyl (C=O) groups is 2. The number of hydrogen-bond donors (Lipinski definition) is 2. The highest BCUT2D eigenvalue weighted by Gasteiger charge is 2.05. The number of oxazole rings is 1. The summed E-state index contributed by atoms with van der Waals surface area (Å²) in [6, 6.07) is 9.38. The van der Waals surface area contributed by atoms with Gasteiger partial charge in [-0.25, -0.2) is 24.7 Å². The Kier molecular flexibility index (Phi) is 11.1. The molecule has 182 valence electrons. The Labute approximate surface area is 215 Å². The van der Waals surface area contributed by atoms with Crippen LogP contribution < -0.4 is 5.73 Å². The number of pyridine rings is 3. The zero-order valence-corrected chi connectivity index (χ0v) is 20.6. The molecular formula is C23H20Cl3N5O4. The summed E-state index contributed by atoms with van der Waals surface area (Å²) in [5.41, 5.74) is 7.95. The van der Waals surface area contributed by atoms with Crippen molar-refractivity contribution in [2.24, 2.45) is 0 Å². The van der Waals surface area contributed by atoms with E-state index in [1.807, 2.05) is 13.0 Å². The van der Waals surface area contributed by atoms with Crippen LogP contribution in [0.4, 0.5) is 5.82 Å². The molecule has 0 aliphatic rings. The fourth-order valence-corrected chi connectivity index (χ4v) is 2.90. The summed E-state index contributed by atoms with van der Waals surface area (Å²) < 4.78 is 5.24. The van der Waals surface area contributed by atoms with Crippen LogP contribution in [-0.2, 0) is 6.42 Å².